The van der Waals surface area contributed by atoms with Crippen LogP contribution in [0, 0.1) is 0 Å². The van der Waals surface area contributed by atoms with E-state index in [9.17, 15) is 0 Å². The Hall–Kier alpha value is -1.44. The van der Waals surface area contributed by atoms with Gasteiger partial charge in [-0.1, -0.05) is 39.8 Å². The molecular formula is C14H18N2. The van der Waals surface area contributed by atoms with Crippen LogP contribution >= 0.6 is 0 Å². The highest BCUT2D eigenvalue weighted by molar-refractivity contribution is 5.81. The van der Waals surface area contributed by atoms with Crippen molar-refractivity contribution in [3.8, 4) is 0 Å². The highest BCUT2D eigenvalue weighted by atomic mass is 14.8. The standard InChI is InChI=1S/C14H18N2/c1-9(2)11-5-6-12-13(7-11)15-8-16-14(12)10(3)4/h5-10H,1-4H3. The van der Waals surface area contributed by atoms with Crippen LogP contribution in [-0.4, -0.2) is 9.97 Å². The summed E-state index contributed by atoms with van der Waals surface area (Å²) in [6.45, 7) is 8.73. The molecule has 0 saturated carbocycles. The molecule has 2 aromatic rings. The molecule has 2 rings (SSSR count). The molecule has 0 aliphatic carbocycles. The summed E-state index contributed by atoms with van der Waals surface area (Å²) in [5.41, 5.74) is 3.53. The topological polar surface area (TPSA) is 25.8 Å². The minimum atomic E-state index is 0.440. The van der Waals surface area contributed by atoms with Gasteiger partial charge >= 0.3 is 0 Å². The van der Waals surface area contributed by atoms with E-state index in [2.05, 4.69) is 55.9 Å². The monoisotopic (exact) mass is 214 g/mol. The first-order valence-corrected chi connectivity index (χ1v) is 5.84. The van der Waals surface area contributed by atoms with Crippen molar-refractivity contribution >= 4 is 10.9 Å². The van der Waals surface area contributed by atoms with Gasteiger partial charge in [0.25, 0.3) is 0 Å². The third-order valence-electron chi connectivity index (χ3n) is 2.90. The number of rotatable bonds is 2. The van der Waals surface area contributed by atoms with Crippen LogP contribution in [0.4, 0.5) is 0 Å². The molecule has 2 heteroatoms. The molecule has 84 valence electrons. The van der Waals surface area contributed by atoms with Crippen molar-refractivity contribution in [2.24, 2.45) is 0 Å². The van der Waals surface area contributed by atoms with Gasteiger partial charge in [0.2, 0.25) is 0 Å². The second-order valence-electron chi connectivity index (χ2n) is 4.84. The Balaban J connectivity index is 2.64. The zero-order chi connectivity index (χ0) is 11.7. The molecule has 0 radical (unpaired) electrons. The fourth-order valence-corrected chi connectivity index (χ4v) is 1.91. The molecular weight excluding hydrogens is 196 g/mol. The summed E-state index contributed by atoms with van der Waals surface area (Å²) in [6.07, 6.45) is 1.67. The van der Waals surface area contributed by atoms with E-state index in [1.165, 1.54) is 10.9 Å². The van der Waals surface area contributed by atoms with Gasteiger partial charge in [0, 0.05) is 5.39 Å². The van der Waals surface area contributed by atoms with Crippen LogP contribution in [0.5, 0.6) is 0 Å². The number of fused-ring (bicyclic) bond motifs is 1. The number of benzene rings is 1. The quantitative estimate of drug-likeness (QED) is 0.758. The lowest BCUT2D eigenvalue weighted by atomic mass is 9.99. The van der Waals surface area contributed by atoms with Gasteiger partial charge in [-0.15, -0.1) is 0 Å². The minimum Gasteiger partial charge on any atom is -0.240 e. The van der Waals surface area contributed by atoms with E-state index in [-0.39, 0.29) is 0 Å². The van der Waals surface area contributed by atoms with Gasteiger partial charge < -0.3 is 0 Å². The molecule has 0 bridgehead atoms. The van der Waals surface area contributed by atoms with Gasteiger partial charge in [-0.25, -0.2) is 9.97 Å². The van der Waals surface area contributed by atoms with E-state index in [0.717, 1.165) is 11.2 Å². The number of aromatic nitrogens is 2. The summed E-state index contributed by atoms with van der Waals surface area (Å²) in [5.74, 6) is 0.984. The van der Waals surface area contributed by atoms with Crippen molar-refractivity contribution in [3.05, 3.63) is 35.8 Å². The van der Waals surface area contributed by atoms with Gasteiger partial charge in [-0.05, 0) is 23.5 Å². The van der Waals surface area contributed by atoms with Gasteiger partial charge in [0.15, 0.2) is 0 Å². The van der Waals surface area contributed by atoms with Crippen LogP contribution < -0.4 is 0 Å². The van der Waals surface area contributed by atoms with Crippen molar-refractivity contribution in [2.45, 2.75) is 39.5 Å². The molecule has 0 atom stereocenters. The Kier molecular flexibility index (Phi) is 2.90. The Morgan fingerprint density at radius 1 is 0.938 bits per heavy atom. The molecule has 0 spiro atoms. The predicted molar refractivity (Wildman–Crippen MR) is 67.7 cm³/mol. The molecule has 0 saturated heterocycles. The molecule has 0 N–H and O–H groups in total. The number of hydrogen-bond acceptors (Lipinski definition) is 2. The normalized spacial score (nSPS) is 11.6. The van der Waals surface area contributed by atoms with Crippen molar-refractivity contribution in [3.63, 3.8) is 0 Å². The van der Waals surface area contributed by atoms with Gasteiger partial charge in [-0.2, -0.15) is 0 Å². The molecule has 1 heterocycles. The molecule has 0 aliphatic rings. The third-order valence-corrected chi connectivity index (χ3v) is 2.90. The summed E-state index contributed by atoms with van der Waals surface area (Å²) < 4.78 is 0. The second kappa shape index (κ2) is 4.20. The SMILES string of the molecule is CC(C)c1ccc2c(C(C)C)ncnc2c1. The van der Waals surface area contributed by atoms with Crippen LogP contribution in [-0.2, 0) is 0 Å². The fraction of sp³-hybridized carbons (Fsp3) is 0.429. The summed E-state index contributed by atoms with van der Waals surface area (Å²) in [7, 11) is 0. The minimum absolute atomic E-state index is 0.440. The summed E-state index contributed by atoms with van der Waals surface area (Å²) >= 11 is 0. The lowest BCUT2D eigenvalue weighted by Crippen LogP contribution is -1.97. The molecule has 0 amide bonds. The van der Waals surface area contributed by atoms with Crippen LogP contribution in [0.15, 0.2) is 24.5 Å². The number of hydrogen-bond donors (Lipinski definition) is 0. The van der Waals surface area contributed by atoms with E-state index in [0.29, 0.717) is 11.8 Å². The Bertz CT molecular complexity index is 501. The van der Waals surface area contributed by atoms with E-state index >= 15 is 0 Å². The maximum atomic E-state index is 4.37. The van der Waals surface area contributed by atoms with E-state index in [1.807, 2.05) is 0 Å². The van der Waals surface area contributed by atoms with Crippen molar-refractivity contribution < 1.29 is 0 Å². The summed E-state index contributed by atoms with van der Waals surface area (Å²) in [6, 6.07) is 6.51. The molecule has 16 heavy (non-hydrogen) atoms. The zero-order valence-corrected chi connectivity index (χ0v) is 10.4. The molecule has 0 unspecified atom stereocenters. The van der Waals surface area contributed by atoms with Crippen LogP contribution in [0.25, 0.3) is 10.9 Å². The van der Waals surface area contributed by atoms with Gasteiger partial charge in [-0.3, -0.25) is 0 Å². The average Bonchev–Trinajstić information content (AvgIpc) is 2.27. The highest BCUT2D eigenvalue weighted by Gasteiger charge is 2.08. The average molecular weight is 214 g/mol. The third kappa shape index (κ3) is 1.92. The first-order chi connectivity index (χ1) is 7.59. The maximum absolute atomic E-state index is 4.37. The maximum Gasteiger partial charge on any atom is 0.116 e. The van der Waals surface area contributed by atoms with E-state index in [1.54, 1.807) is 6.33 Å². The lowest BCUT2D eigenvalue weighted by Gasteiger charge is -2.10. The summed E-state index contributed by atoms with van der Waals surface area (Å²) in [4.78, 5) is 8.73. The first-order valence-electron chi connectivity index (χ1n) is 5.84. The van der Waals surface area contributed by atoms with E-state index < -0.39 is 0 Å². The van der Waals surface area contributed by atoms with E-state index in [4.69, 9.17) is 0 Å². The molecule has 1 aromatic heterocycles. The lowest BCUT2D eigenvalue weighted by molar-refractivity contribution is 0.827. The highest BCUT2D eigenvalue weighted by Crippen LogP contribution is 2.24. The van der Waals surface area contributed by atoms with Crippen molar-refractivity contribution in [2.75, 3.05) is 0 Å². The predicted octanol–water partition coefficient (Wildman–Crippen LogP) is 3.88. The Morgan fingerprint density at radius 2 is 1.69 bits per heavy atom. The fourth-order valence-electron chi connectivity index (χ4n) is 1.91. The smallest absolute Gasteiger partial charge is 0.116 e. The molecule has 0 aliphatic heterocycles. The van der Waals surface area contributed by atoms with Gasteiger partial charge in [0.1, 0.15) is 6.33 Å². The molecule has 1 aromatic carbocycles. The zero-order valence-electron chi connectivity index (χ0n) is 10.4. The van der Waals surface area contributed by atoms with Gasteiger partial charge in [0.05, 0.1) is 11.2 Å². The first kappa shape index (κ1) is 11.1. The molecule has 0 fully saturated rings. The van der Waals surface area contributed by atoms with Crippen molar-refractivity contribution in [1.82, 2.24) is 9.97 Å². The van der Waals surface area contributed by atoms with Crippen molar-refractivity contribution in [1.29, 1.82) is 0 Å². The molecule has 2 nitrogen and oxygen atoms in total. The Labute approximate surface area is 96.7 Å². The number of nitrogens with zero attached hydrogens (tertiary/aromatic N) is 2. The van der Waals surface area contributed by atoms with Crippen LogP contribution in [0.3, 0.4) is 0 Å². The largest absolute Gasteiger partial charge is 0.240 e. The van der Waals surface area contributed by atoms with Crippen LogP contribution in [0.1, 0.15) is 50.8 Å². The second-order valence-corrected chi connectivity index (χ2v) is 4.84. The Morgan fingerprint density at radius 3 is 2.31 bits per heavy atom. The van der Waals surface area contributed by atoms with Crippen LogP contribution in [0.2, 0.25) is 0 Å². The summed E-state index contributed by atoms with van der Waals surface area (Å²) in [5, 5.41) is 1.18.